The highest BCUT2D eigenvalue weighted by Crippen LogP contribution is 2.28. The van der Waals surface area contributed by atoms with Crippen molar-refractivity contribution in [3.05, 3.63) is 23.9 Å². The molecule has 0 bridgehead atoms. The van der Waals surface area contributed by atoms with Crippen molar-refractivity contribution in [2.24, 2.45) is 0 Å². The molecule has 1 atom stereocenters. The maximum absolute atomic E-state index is 12.4. The van der Waals surface area contributed by atoms with E-state index in [1.807, 2.05) is 33.0 Å². The van der Waals surface area contributed by atoms with Gasteiger partial charge in [-0.3, -0.25) is 0 Å². The Morgan fingerprint density at radius 2 is 2.00 bits per heavy atom. The van der Waals surface area contributed by atoms with E-state index in [0.717, 1.165) is 25.5 Å². The van der Waals surface area contributed by atoms with Crippen molar-refractivity contribution < 1.29 is 9.53 Å². The predicted octanol–water partition coefficient (Wildman–Crippen LogP) is 2.95. The zero-order chi connectivity index (χ0) is 17.9. The second-order valence-electron chi connectivity index (χ2n) is 7.90. The molecule has 3 heterocycles. The summed E-state index contributed by atoms with van der Waals surface area (Å²) in [7, 11) is 0. The number of hydrogen-bond acceptors (Lipinski definition) is 5. The minimum Gasteiger partial charge on any atom is -0.444 e. The SMILES string of the molecule is CC(C)(C)OC(=O)N1CCNC(c2cccnc2N2CCCCC2)C1. The monoisotopic (exact) mass is 346 g/mol. The number of hydrogen-bond donors (Lipinski definition) is 1. The minimum atomic E-state index is -0.468. The molecule has 0 saturated carbocycles. The first-order valence-corrected chi connectivity index (χ1v) is 9.35. The highest BCUT2D eigenvalue weighted by molar-refractivity contribution is 5.68. The van der Waals surface area contributed by atoms with E-state index in [-0.39, 0.29) is 12.1 Å². The molecule has 2 aliphatic heterocycles. The fourth-order valence-corrected chi connectivity index (χ4v) is 3.50. The van der Waals surface area contributed by atoms with E-state index in [0.29, 0.717) is 13.1 Å². The number of pyridine rings is 1. The number of anilines is 1. The third kappa shape index (κ3) is 4.63. The molecular weight excluding hydrogens is 316 g/mol. The molecule has 1 aromatic rings. The Morgan fingerprint density at radius 3 is 2.72 bits per heavy atom. The Labute approximate surface area is 150 Å². The third-order valence-corrected chi connectivity index (χ3v) is 4.67. The van der Waals surface area contributed by atoms with Crippen LogP contribution in [-0.4, -0.2) is 54.3 Å². The summed E-state index contributed by atoms with van der Waals surface area (Å²) in [6, 6.07) is 4.20. The van der Waals surface area contributed by atoms with Gasteiger partial charge < -0.3 is 19.9 Å². The first kappa shape index (κ1) is 18.0. The lowest BCUT2D eigenvalue weighted by Crippen LogP contribution is -2.50. The van der Waals surface area contributed by atoms with E-state index < -0.39 is 5.60 Å². The molecule has 2 fully saturated rings. The van der Waals surface area contributed by atoms with Crippen molar-refractivity contribution in [3.63, 3.8) is 0 Å². The fraction of sp³-hybridized carbons (Fsp3) is 0.684. The first-order valence-electron chi connectivity index (χ1n) is 9.35. The van der Waals surface area contributed by atoms with Gasteiger partial charge in [0.1, 0.15) is 11.4 Å². The number of aromatic nitrogens is 1. The van der Waals surface area contributed by atoms with Gasteiger partial charge >= 0.3 is 6.09 Å². The van der Waals surface area contributed by atoms with Crippen LogP contribution in [0.15, 0.2) is 18.3 Å². The molecule has 1 N–H and O–H groups in total. The average molecular weight is 346 g/mol. The molecule has 1 aromatic heterocycles. The number of nitrogens with zero attached hydrogens (tertiary/aromatic N) is 3. The van der Waals surface area contributed by atoms with Crippen molar-refractivity contribution in [1.29, 1.82) is 0 Å². The van der Waals surface area contributed by atoms with E-state index in [2.05, 4.69) is 21.3 Å². The summed E-state index contributed by atoms with van der Waals surface area (Å²) in [5.74, 6) is 1.06. The molecule has 3 rings (SSSR count). The smallest absolute Gasteiger partial charge is 0.410 e. The molecular formula is C19H30N4O2. The van der Waals surface area contributed by atoms with Crippen molar-refractivity contribution in [2.45, 2.75) is 51.7 Å². The van der Waals surface area contributed by atoms with Gasteiger partial charge in [0.15, 0.2) is 0 Å². The van der Waals surface area contributed by atoms with Crippen LogP contribution in [0.25, 0.3) is 0 Å². The lowest BCUT2D eigenvalue weighted by Gasteiger charge is -2.37. The zero-order valence-corrected chi connectivity index (χ0v) is 15.6. The Morgan fingerprint density at radius 1 is 1.24 bits per heavy atom. The topological polar surface area (TPSA) is 57.7 Å². The van der Waals surface area contributed by atoms with E-state index in [1.54, 1.807) is 4.90 Å². The van der Waals surface area contributed by atoms with Crippen LogP contribution in [0.4, 0.5) is 10.6 Å². The van der Waals surface area contributed by atoms with E-state index in [9.17, 15) is 4.79 Å². The van der Waals surface area contributed by atoms with Crippen LogP contribution in [0.3, 0.4) is 0 Å². The Bertz CT molecular complexity index is 593. The minimum absolute atomic E-state index is 0.0897. The average Bonchev–Trinajstić information content (AvgIpc) is 2.61. The van der Waals surface area contributed by atoms with Gasteiger partial charge in [0, 0.05) is 44.5 Å². The summed E-state index contributed by atoms with van der Waals surface area (Å²) >= 11 is 0. The van der Waals surface area contributed by atoms with E-state index in [4.69, 9.17) is 4.74 Å². The normalized spacial score (nSPS) is 22.0. The lowest BCUT2D eigenvalue weighted by molar-refractivity contribution is 0.0195. The molecule has 0 radical (unpaired) electrons. The van der Waals surface area contributed by atoms with Crippen molar-refractivity contribution in [3.8, 4) is 0 Å². The van der Waals surface area contributed by atoms with Crippen LogP contribution in [0.1, 0.15) is 51.6 Å². The number of piperazine rings is 1. The molecule has 0 aliphatic carbocycles. The molecule has 0 spiro atoms. The quantitative estimate of drug-likeness (QED) is 0.892. The van der Waals surface area contributed by atoms with Gasteiger partial charge in [-0.1, -0.05) is 6.07 Å². The number of carbonyl (C=O) groups is 1. The summed E-state index contributed by atoms with van der Waals surface area (Å²) in [6.07, 6.45) is 5.37. The molecule has 6 nitrogen and oxygen atoms in total. The maximum Gasteiger partial charge on any atom is 0.410 e. The number of nitrogens with one attached hydrogen (secondary N) is 1. The Balaban J connectivity index is 1.74. The summed E-state index contributed by atoms with van der Waals surface area (Å²) in [6.45, 7) is 9.88. The number of carbonyl (C=O) groups excluding carboxylic acids is 1. The predicted molar refractivity (Wildman–Crippen MR) is 98.9 cm³/mol. The van der Waals surface area contributed by atoms with Gasteiger partial charge in [-0.25, -0.2) is 9.78 Å². The molecule has 2 saturated heterocycles. The lowest BCUT2D eigenvalue weighted by atomic mass is 10.0. The highest BCUT2D eigenvalue weighted by atomic mass is 16.6. The van der Waals surface area contributed by atoms with Crippen LogP contribution in [0.5, 0.6) is 0 Å². The number of piperidine rings is 1. The number of rotatable bonds is 2. The first-order chi connectivity index (χ1) is 11.9. The number of ether oxygens (including phenoxy) is 1. The molecule has 1 unspecified atom stereocenters. The van der Waals surface area contributed by atoms with Crippen LogP contribution < -0.4 is 10.2 Å². The molecule has 2 aliphatic rings. The largest absolute Gasteiger partial charge is 0.444 e. The van der Waals surface area contributed by atoms with Crippen LogP contribution in [0, 0.1) is 0 Å². The standard InChI is InChI=1S/C19H30N4O2/c1-19(2,3)25-18(24)23-13-10-20-16(14-23)15-8-7-9-21-17(15)22-11-5-4-6-12-22/h7-9,16,20H,4-6,10-14H2,1-3H3. The summed E-state index contributed by atoms with van der Waals surface area (Å²) < 4.78 is 5.54. The van der Waals surface area contributed by atoms with Crippen molar-refractivity contribution in [1.82, 2.24) is 15.2 Å². The van der Waals surface area contributed by atoms with Gasteiger partial charge in [0.2, 0.25) is 0 Å². The molecule has 1 amide bonds. The summed E-state index contributed by atoms with van der Waals surface area (Å²) in [5.41, 5.74) is 0.711. The van der Waals surface area contributed by atoms with E-state index in [1.165, 1.54) is 24.8 Å². The molecule has 25 heavy (non-hydrogen) atoms. The summed E-state index contributed by atoms with van der Waals surface area (Å²) in [5, 5.41) is 3.55. The second kappa shape index (κ2) is 7.60. The van der Waals surface area contributed by atoms with Crippen molar-refractivity contribution >= 4 is 11.9 Å². The van der Waals surface area contributed by atoms with E-state index >= 15 is 0 Å². The molecule has 6 heteroatoms. The van der Waals surface area contributed by atoms with Gasteiger partial charge in [-0.15, -0.1) is 0 Å². The zero-order valence-electron chi connectivity index (χ0n) is 15.6. The fourth-order valence-electron chi connectivity index (χ4n) is 3.50. The van der Waals surface area contributed by atoms with Gasteiger partial charge in [-0.05, 0) is 46.1 Å². The van der Waals surface area contributed by atoms with Crippen LogP contribution in [0.2, 0.25) is 0 Å². The van der Waals surface area contributed by atoms with Crippen LogP contribution >= 0.6 is 0 Å². The van der Waals surface area contributed by atoms with Gasteiger partial charge in [0.25, 0.3) is 0 Å². The van der Waals surface area contributed by atoms with Crippen LogP contribution in [-0.2, 0) is 4.74 Å². The molecule has 0 aromatic carbocycles. The highest BCUT2D eigenvalue weighted by Gasteiger charge is 2.30. The Hall–Kier alpha value is -1.82. The third-order valence-electron chi connectivity index (χ3n) is 4.67. The second-order valence-corrected chi connectivity index (χ2v) is 7.90. The van der Waals surface area contributed by atoms with Crippen molar-refractivity contribution in [2.75, 3.05) is 37.6 Å². The maximum atomic E-state index is 12.4. The van der Waals surface area contributed by atoms with Gasteiger partial charge in [-0.2, -0.15) is 0 Å². The summed E-state index contributed by atoms with van der Waals surface area (Å²) in [4.78, 5) is 21.3. The molecule has 138 valence electrons. The Kier molecular flexibility index (Phi) is 5.47. The number of amides is 1. The van der Waals surface area contributed by atoms with Gasteiger partial charge in [0.05, 0.1) is 6.04 Å².